The molecule has 7 heteroatoms. The lowest BCUT2D eigenvalue weighted by Crippen LogP contribution is -2.42. The van der Waals surface area contributed by atoms with Crippen molar-refractivity contribution in [2.24, 2.45) is 0 Å². The highest BCUT2D eigenvalue weighted by molar-refractivity contribution is 7.89. The number of aliphatic hydroxyl groups is 1. The Morgan fingerprint density at radius 2 is 2.26 bits per heavy atom. The smallest absolute Gasteiger partial charge is 0.241 e. The Labute approximate surface area is 117 Å². The van der Waals surface area contributed by atoms with Gasteiger partial charge in [-0.25, -0.2) is 13.1 Å². The molecule has 2 N–H and O–H groups in total. The molecule has 2 fully saturated rings. The van der Waals surface area contributed by atoms with Crippen LogP contribution in [-0.2, 0) is 16.6 Å². The van der Waals surface area contributed by atoms with E-state index in [1.165, 1.54) is 11.3 Å². The molecule has 3 heterocycles. The third kappa shape index (κ3) is 2.57. The number of aliphatic hydroxyl groups excluding tert-OH is 1. The van der Waals surface area contributed by atoms with E-state index in [1.807, 2.05) is 0 Å². The maximum absolute atomic E-state index is 12.3. The van der Waals surface area contributed by atoms with E-state index in [0.29, 0.717) is 10.9 Å². The zero-order valence-corrected chi connectivity index (χ0v) is 12.2. The minimum Gasteiger partial charge on any atom is -0.391 e. The van der Waals surface area contributed by atoms with Gasteiger partial charge in [0.05, 0.1) is 11.5 Å². The molecule has 5 nitrogen and oxygen atoms in total. The van der Waals surface area contributed by atoms with Gasteiger partial charge in [0.25, 0.3) is 0 Å². The van der Waals surface area contributed by atoms with E-state index in [4.69, 9.17) is 5.11 Å². The Morgan fingerprint density at radius 1 is 1.42 bits per heavy atom. The molecule has 0 radical (unpaired) electrons. The second-order valence-electron chi connectivity index (χ2n) is 5.17. The molecule has 0 spiro atoms. The summed E-state index contributed by atoms with van der Waals surface area (Å²) in [7, 11) is -3.45. The normalized spacial score (nSPS) is 27.8. The average molecular weight is 302 g/mol. The molecule has 0 aromatic carbocycles. The molecule has 106 valence electrons. The highest BCUT2D eigenvalue weighted by Gasteiger charge is 2.39. The highest BCUT2D eigenvalue weighted by atomic mass is 32.2. The average Bonchev–Trinajstić information content (AvgIpc) is 3.05. The fraction of sp³-hybridized carbons (Fsp3) is 0.667. The Kier molecular flexibility index (Phi) is 3.65. The molecule has 19 heavy (non-hydrogen) atoms. The quantitative estimate of drug-likeness (QED) is 0.861. The molecule has 2 saturated heterocycles. The summed E-state index contributed by atoms with van der Waals surface area (Å²) in [6.45, 7) is 1.97. The fourth-order valence-corrected chi connectivity index (χ4v) is 5.51. The zero-order valence-electron chi connectivity index (χ0n) is 10.6. The first kappa shape index (κ1) is 13.5. The summed E-state index contributed by atoms with van der Waals surface area (Å²) in [5.41, 5.74) is 0. The molecule has 2 unspecified atom stereocenters. The molecule has 1 aromatic heterocycles. The maximum Gasteiger partial charge on any atom is 0.241 e. The molecule has 0 saturated carbocycles. The SMILES string of the molecule is O=S(=O)(NC1CCN2CCCC12)c1csc(CO)c1. The summed E-state index contributed by atoms with van der Waals surface area (Å²) in [5.74, 6) is 0. The van der Waals surface area contributed by atoms with Crippen LogP contribution in [0.5, 0.6) is 0 Å². The molecule has 2 aliphatic heterocycles. The number of nitrogens with zero attached hydrogens (tertiary/aromatic N) is 1. The van der Waals surface area contributed by atoms with Gasteiger partial charge in [-0.05, 0) is 31.9 Å². The van der Waals surface area contributed by atoms with Crippen molar-refractivity contribution in [1.29, 1.82) is 0 Å². The van der Waals surface area contributed by atoms with Crippen LogP contribution in [-0.4, -0.2) is 43.6 Å². The number of thiophene rings is 1. The van der Waals surface area contributed by atoms with Crippen molar-refractivity contribution in [3.8, 4) is 0 Å². The van der Waals surface area contributed by atoms with E-state index in [-0.39, 0.29) is 17.5 Å². The van der Waals surface area contributed by atoms with Gasteiger partial charge in [0, 0.05) is 28.9 Å². The summed E-state index contributed by atoms with van der Waals surface area (Å²) in [4.78, 5) is 3.33. The minimum atomic E-state index is -3.45. The summed E-state index contributed by atoms with van der Waals surface area (Å²) in [6.07, 6.45) is 3.13. The lowest BCUT2D eigenvalue weighted by Gasteiger charge is -2.20. The summed E-state index contributed by atoms with van der Waals surface area (Å²) >= 11 is 1.27. The molecule has 1 aromatic rings. The van der Waals surface area contributed by atoms with Crippen LogP contribution in [0.25, 0.3) is 0 Å². The summed E-state index contributed by atoms with van der Waals surface area (Å²) < 4.78 is 27.4. The first-order chi connectivity index (χ1) is 9.10. The maximum atomic E-state index is 12.3. The van der Waals surface area contributed by atoms with Gasteiger partial charge in [0.15, 0.2) is 0 Å². The largest absolute Gasteiger partial charge is 0.391 e. The number of nitrogens with one attached hydrogen (secondary N) is 1. The fourth-order valence-electron chi connectivity index (χ4n) is 3.07. The number of hydrogen-bond acceptors (Lipinski definition) is 5. The van der Waals surface area contributed by atoms with Gasteiger partial charge < -0.3 is 5.11 Å². The van der Waals surface area contributed by atoms with Crippen LogP contribution in [0.1, 0.15) is 24.1 Å². The second-order valence-corrected chi connectivity index (χ2v) is 7.88. The standard InChI is InChI=1S/C12H18N2O3S2/c15-7-9-6-10(8-18-9)19(16,17)13-11-3-5-14-4-1-2-12(11)14/h6,8,11-13,15H,1-5,7H2. The first-order valence-electron chi connectivity index (χ1n) is 6.55. The number of fused-ring (bicyclic) bond motifs is 1. The molecular weight excluding hydrogens is 284 g/mol. The third-order valence-corrected chi connectivity index (χ3v) is 6.55. The predicted molar refractivity (Wildman–Crippen MR) is 73.6 cm³/mol. The van der Waals surface area contributed by atoms with E-state index in [9.17, 15) is 8.42 Å². The van der Waals surface area contributed by atoms with E-state index >= 15 is 0 Å². The monoisotopic (exact) mass is 302 g/mol. The van der Waals surface area contributed by atoms with E-state index in [0.717, 1.165) is 32.4 Å². The van der Waals surface area contributed by atoms with Gasteiger partial charge in [0.2, 0.25) is 10.0 Å². The van der Waals surface area contributed by atoms with Crippen LogP contribution in [0.3, 0.4) is 0 Å². The number of sulfonamides is 1. The summed E-state index contributed by atoms with van der Waals surface area (Å²) in [6, 6.07) is 1.95. The van der Waals surface area contributed by atoms with Gasteiger partial charge in [-0.2, -0.15) is 0 Å². The van der Waals surface area contributed by atoms with Crippen molar-refractivity contribution < 1.29 is 13.5 Å². The number of rotatable bonds is 4. The van der Waals surface area contributed by atoms with Crippen molar-refractivity contribution in [3.63, 3.8) is 0 Å². The van der Waals surface area contributed by atoms with Crippen molar-refractivity contribution >= 4 is 21.4 Å². The molecule has 0 aliphatic carbocycles. The van der Waals surface area contributed by atoms with Gasteiger partial charge in [-0.1, -0.05) is 0 Å². The lowest BCUT2D eigenvalue weighted by atomic mass is 10.1. The van der Waals surface area contributed by atoms with Crippen molar-refractivity contribution in [1.82, 2.24) is 9.62 Å². The van der Waals surface area contributed by atoms with E-state index in [2.05, 4.69) is 9.62 Å². The number of hydrogen-bond donors (Lipinski definition) is 2. The van der Waals surface area contributed by atoms with Gasteiger partial charge >= 0.3 is 0 Å². The Morgan fingerprint density at radius 3 is 3.00 bits per heavy atom. The molecule has 2 atom stereocenters. The van der Waals surface area contributed by atoms with Crippen LogP contribution < -0.4 is 4.72 Å². The van der Waals surface area contributed by atoms with Crippen LogP contribution in [0.15, 0.2) is 16.3 Å². The van der Waals surface area contributed by atoms with Crippen molar-refractivity contribution in [2.45, 2.75) is 42.8 Å². The van der Waals surface area contributed by atoms with Gasteiger partial charge in [-0.3, -0.25) is 4.90 Å². The minimum absolute atomic E-state index is 0.0324. The van der Waals surface area contributed by atoms with Crippen LogP contribution in [0, 0.1) is 0 Å². The van der Waals surface area contributed by atoms with E-state index < -0.39 is 10.0 Å². The molecule has 2 aliphatic rings. The summed E-state index contributed by atoms with van der Waals surface area (Å²) in [5, 5.41) is 10.6. The first-order valence-corrected chi connectivity index (χ1v) is 8.91. The Balaban J connectivity index is 1.74. The third-order valence-electron chi connectivity index (χ3n) is 4.01. The van der Waals surface area contributed by atoms with Gasteiger partial charge in [0.1, 0.15) is 0 Å². The van der Waals surface area contributed by atoms with Crippen LogP contribution >= 0.6 is 11.3 Å². The van der Waals surface area contributed by atoms with Crippen molar-refractivity contribution in [3.05, 3.63) is 16.3 Å². The molecule has 0 amide bonds. The van der Waals surface area contributed by atoms with E-state index in [1.54, 1.807) is 11.4 Å². The molecule has 3 rings (SSSR count). The highest BCUT2D eigenvalue weighted by Crippen LogP contribution is 2.29. The Hall–Kier alpha value is -0.470. The molecule has 0 bridgehead atoms. The van der Waals surface area contributed by atoms with Crippen LogP contribution in [0.4, 0.5) is 0 Å². The topological polar surface area (TPSA) is 69.6 Å². The van der Waals surface area contributed by atoms with Gasteiger partial charge in [-0.15, -0.1) is 11.3 Å². The second kappa shape index (κ2) is 5.14. The Bertz CT molecular complexity index is 555. The molecular formula is C12H18N2O3S2. The van der Waals surface area contributed by atoms with Crippen LogP contribution in [0.2, 0.25) is 0 Å². The predicted octanol–water partition coefficient (Wildman–Crippen LogP) is 0.755. The zero-order chi connectivity index (χ0) is 13.5. The van der Waals surface area contributed by atoms with Crippen molar-refractivity contribution in [2.75, 3.05) is 13.1 Å². The lowest BCUT2D eigenvalue weighted by molar-refractivity contribution is 0.285.